The first-order valence-corrected chi connectivity index (χ1v) is 16.4. The minimum Gasteiger partial charge on any atom is -0.359 e. The van der Waals surface area contributed by atoms with Gasteiger partial charge in [0.2, 0.25) is 11.1 Å². The van der Waals surface area contributed by atoms with Crippen LogP contribution in [0.2, 0.25) is 25.7 Å². The van der Waals surface area contributed by atoms with E-state index in [0.29, 0.717) is 11.9 Å². The van der Waals surface area contributed by atoms with Gasteiger partial charge >= 0.3 is 0 Å². The predicted molar refractivity (Wildman–Crippen MR) is 134 cm³/mol. The van der Waals surface area contributed by atoms with Gasteiger partial charge in [0, 0.05) is 26.6 Å². The molecule has 9 heteroatoms. The lowest BCUT2D eigenvalue weighted by Gasteiger charge is -2.18. The van der Waals surface area contributed by atoms with E-state index in [1.807, 2.05) is 16.8 Å². The van der Waals surface area contributed by atoms with E-state index < -0.39 is 8.07 Å². The number of benzene rings is 1. The van der Waals surface area contributed by atoms with E-state index in [4.69, 9.17) is 14.8 Å². The molecule has 0 radical (unpaired) electrons. The van der Waals surface area contributed by atoms with Crippen molar-refractivity contribution in [3.8, 4) is 0 Å². The van der Waals surface area contributed by atoms with Gasteiger partial charge in [0.15, 0.2) is 0 Å². The van der Waals surface area contributed by atoms with E-state index in [1.165, 1.54) is 65.4 Å². The highest BCUT2D eigenvalue weighted by Gasteiger charge is 2.25. The second-order valence-corrected chi connectivity index (χ2v) is 16.7. The van der Waals surface area contributed by atoms with E-state index in [9.17, 15) is 0 Å². The van der Waals surface area contributed by atoms with Crippen molar-refractivity contribution in [1.29, 1.82) is 0 Å². The third-order valence-corrected chi connectivity index (χ3v) is 8.80. The molecule has 3 aromatic rings. The zero-order valence-corrected chi connectivity index (χ0v) is 21.5. The topological polar surface area (TPSA) is 77.8 Å². The fraction of sp³-hybridized carbons (Fsp3) is 0.500. The summed E-state index contributed by atoms with van der Waals surface area (Å²) < 4.78 is 7.90. The molecule has 2 aliphatic carbocycles. The van der Waals surface area contributed by atoms with Gasteiger partial charge in [-0.15, -0.1) is 10.2 Å². The molecule has 0 unspecified atom stereocenters. The van der Waals surface area contributed by atoms with Crippen molar-refractivity contribution in [3.63, 3.8) is 0 Å². The molecule has 174 valence electrons. The molecule has 1 N–H and O–H groups in total. The Hall–Kier alpha value is -2.23. The highest BCUT2D eigenvalue weighted by Crippen LogP contribution is 2.40. The summed E-state index contributed by atoms with van der Waals surface area (Å²) in [6.45, 7) is 8.23. The molecule has 0 saturated heterocycles. The number of anilines is 2. The van der Waals surface area contributed by atoms with E-state index in [1.54, 1.807) is 6.20 Å². The molecular weight excluding hydrogens is 448 g/mol. The molecule has 0 atom stereocenters. The number of hydrogen-bond donors (Lipinski definition) is 1. The molecule has 33 heavy (non-hydrogen) atoms. The van der Waals surface area contributed by atoms with Crippen molar-refractivity contribution in [2.75, 3.05) is 11.9 Å². The van der Waals surface area contributed by atoms with Gasteiger partial charge in [-0.25, -0.2) is 4.68 Å². The standard InChI is InChI=1S/C24H32N6OSSi/c1-33(2,3)14-13-31-16-30-23(27-24(29-30)32-21-11-6-12-25-28-21)26-22-19-9-4-7-17(19)15-18-8-5-10-20(18)22/h6,11-12,15H,4-5,7-10,13-14,16H2,1-3H3,(H,26,27,29). The van der Waals surface area contributed by atoms with Crippen molar-refractivity contribution >= 4 is 31.5 Å². The first-order valence-electron chi connectivity index (χ1n) is 11.9. The maximum atomic E-state index is 6.04. The van der Waals surface area contributed by atoms with Gasteiger partial charge in [0.1, 0.15) is 11.8 Å². The van der Waals surface area contributed by atoms with Crippen LogP contribution in [-0.2, 0) is 37.2 Å². The SMILES string of the molecule is C[Si](C)(C)CCOCn1nc(Sc2cccnn2)nc1Nc1c2c(cc3c1CCC3)CCC2. The Morgan fingerprint density at radius 2 is 1.85 bits per heavy atom. The van der Waals surface area contributed by atoms with Gasteiger partial charge in [0.05, 0.1) is 0 Å². The van der Waals surface area contributed by atoms with Crippen molar-refractivity contribution in [3.05, 3.63) is 46.6 Å². The lowest BCUT2D eigenvalue weighted by molar-refractivity contribution is 0.0792. The lowest BCUT2D eigenvalue weighted by Crippen LogP contribution is -2.22. The molecule has 2 aromatic heterocycles. The quantitative estimate of drug-likeness (QED) is 0.331. The first-order chi connectivity index (χ1) is 16.0. The van der Waals surface area contributed by atoms with Crippen LogP contribution in [0.4, 0.5) is 11.6 Å². The normalized spacial score (nSPS) is 15.0. The zero-order chi connectivity index (χ0) is 22.8. The number of rotatable bonds is 9. The fourth-order valence-corrected chi connectivity index (χ4v) is 6.04. The third kappa shape index (κ3) is 5.31. The molecular formula is C24H32N6OSSi. The minimum atomic E-state index is -1.14. The van der Waals surface area contributed by atoms with Crippen LogP contribution in [0.5, 0.6) is 0 Å². The molecule has 7 nitrogen and oxygen atoms in total. The van der Waals surface area contributed by atoms with Gasteiger partial charge in [0.25, 0.3) is 0 Å². The Morgan fingerprint density at radius 3 is 2.52 bits per heavy atom. The van der Waals surface area contributed by atoms with Crippen LogP contribution in [0.25, 0.3) is 0 Å². The molecule has 0 spiro atoms. The average Bonchev–Trinajstić information content (AvgIpc) is 3.51. The monoisotopic (exact) mass is 480 g/mol. The Kier molecular flexibility index (Phi) is 6.53. The van der Waals surface area contributed by atoms with Crippen LogP contribution < -0.4 is 5.32 Å². The van der Waals surface area contributed by atoms with Gasteiger partial charge in [-0.05, 0) is 90.7 Å². The van der Waals surface area contributed by atoms with Crippen molar-refractivity contribution in [2.24, 2.45) is 0 Å². The number of fused-ring (bicyclic) bond motifs is 2. The van der Waals surface area contributed by atoms with Crippen LogP contribution in [0.15, 0.2) is 34.6 Å². The van der Waals surface area contributed by atoms with Gasteiger partial charge < -0.3 is 10.1 Å². The smallest absolute Gasteiger partial charge is 0.228 e. The second-order valence-electron chi connectivity index (χ2n) is 10.1. The highest BCUT2D eigenvalue weighted by atomic mass is 32.2. The van der Waals surface area contributed by atoms with Crippen molar-refractivity contribution < 1.29 is 4.74 Å². The van der Waals surface area contributed by atoms with E-state index >= 15 is 0 Å². The van der Waals surface area contributed by atoms with Gasteiger partial charge in [-0.1, -0.05) is 25.7 Å². The van der Waals surface area contributed by atoms with Gasteiger partial charge in [-0.2, -0.15) is 10.1 Å². The van der Waals surface area contributed by atoms with Crippen LogP contribution in [-0.4, -0.2) is 39.6 Å². The van der Waals surface area contributed by atoms with Gasteiger partial charge in [-0.3, -0.25) is 0 Å². The van der Waals surface area contributed by atoms with Crippen LogP contribution >= 0.6 is 11.8 Å². The fourth-order valence-electron chi connectivity index (χ4n) is 4.59. The molecule has 0 fully saturated rings. The van der Waals surface area contributed by atoms with Crippen LogP contribution in [0.3, 0.4) is 0 Å². The number of aryl methyl sites for hydroxylation is 2. The Labute approximate surface area is 200 Å². The summed E-state index contributed by atoms with van der Waals surface area (Å²) >= 11 is 1.42. The van der Waals surface area contributed by atoms with E-state index in [2.05, 4.69) is 41.2 Å². The summed E-state index contributed by atoms with van der Waals surface area (Å²) in [5.74, 6) is 0.740. The average molecular weight is 481 g/mol. The number of aromatic nitrogens is 5. The Morgan fingerprint density at radius 1 is 1.09 bits per heavy atom. The summed E-state index contributed by atoms with van der Waals surface area (Å²) in [4.78, 5) is 4.84. The van der Waals surface area contributed by atoms with Crippen molar-refractivity contribution in [2.45, 2.75) is 81.1 Å². The third-order valence-electron chi connectivity index (χ3n) is 6.32. The molecule has 2 heterocycles. The van der Waals surface area contributed by atoms with Crippen molar-refractivity contribution in [1.82, 2.24) is 25.0 Å². The first kappa shape index (κ1) is 22.6. The number of hydrogen-bond acceptors (Lipinski definition) is 7. The molecule has 5 rings (SSSR count). The molecule has 0 bridgehead atoms. The summed E-state index contributed by atoms with van der Waals surface area (Å²) in [6.07, 6.45) is 8.75. The molecule has 0 aliphatic heterocycles. The largest absolute Gasteiger partial charge is 0.359 e. The summed E-state index contributed by atoms with van der Waals surface area (Å²) in [5.41, 5.74) is 7.21. The summed E-state index contributed by atoms with van der Waals surface area (Å²) in [6, 6.07) is 7.38. The summed E-state index contributed by atoms with van der Waals surface area (Å²) in [5, 5.41) is 18.0. The maximum absolute atomic E-state index is 6.04. The molecule has 1 aromatic carbocycles. The molecule has 0 saturated carbocycles. The molecule has 0 amide bonds. The maximum Gasteiger partial charge on any atom is 0.228 e. The zero-order valence-electron chi connectivity index (χ0n) is 19.7. The minimum absolute atomic E-state index is 0.387. The van der Waals surface area contributed by atoms with E-state index in [0.717, 1.165) is 36.5 Å². The molecule has 2 aliphatic rings. The lowest BCUT2D eigenvalue weighted by atomic mass is 9.99. The number of ether oxygens (including phenoxy) is 1. The Bertz CT molecular complexity index is 1100. The van der Waals surface area contributed by atoms with E-state index in [-0.39, 0.29) is 0 Å². The highest BCUT2D eigenvalue weighted by molar-refractivity contribution is 7.99. The number of nitrogens with one attached hydrogen (secondary N) is 1. The second kappa shape index (κ2) is 9.56. The summed E-state index contributed by atoms with van der Waals surface area (Å²) in [7, 11) is -1.14. The number of nitrogens with zero attached hydrogens (tertiary/aromatic N) is 5. The predicted octanol–water partition coefficient (Wildman–Crippen LogP) is 5.25. The van der Waals surface area contributed by atoms with Crippen LogP contribution in [0, 0.1) is 0 Å². The van der Waals surface area contributed by atoms with Crippen LogP contribution in [0.1, 0.15) is 35.1 Å². The Balaban J connectivity index is 1.42.